The van der Waals surface area contributed by atoms with Gasteiger partial charge in [-0.2, -0.15) is 11.8 Å². The summed E-state index contributed by atoms with van der Waals surface area (Å²) in [5, 5.41) is 19.0. The van der Waals surface area contributed by atoms with Crippen LogP contribution in [-0.2, 0) is 30.3 Å². The van der Waals surface area contributed by atoms with E-state index in [2.05, 4.69) is 21.3 Å². The molecule has 35 heavy (non-hydrogen) atoms. The first-order valence-corrected chi connectivity index (χ1v) is 12.4. The second kappa shape index (κ2) is 14.9. The first kappa shape index (κ1) is 29.8. The van der Waals surface area contributed by atoms with Crippen LogP contribution >= 0.6 is 11.8 Å². The molecule has 0 saturated carbocycles. The molecule has 11 nitrogen and oxygen atoms in total. The zero-order valence-electron chi connectivity index (χ0n) is 20.4. The van der Waals surface area contributed by atoms with Gasteiger partial charge in [-0.05, 0) is 44.8 Å². The molecule has 0 saturated heterocycles. The van der Waals surface area contributed by atoms with Gasteiger partial charge in [-0.25, -0.2) is 9.59 Å². The Bertz CT molecular complexity index is 874. The Balaban J connectivity index is 2.70. The SMILES string of the molecule is CSCCC(NC(=O)C(Cc1ccccc1)NC(=O)CNC(=O)CNC(=O)OC(C)(C)C)C(=O)O. The molecule has 0 aromatic heterocycles. The number of carbonyl (C=O) groups excluding carboxylic acids is 4. The number of rotatable bonds is 13. The molecular weight excluding hydrogens is 476 g/mol. The van der Waals surface area contributed by atoms with Crippen molar-refractivity contribution < 1.29 is 33.8 Å². The van der Waals surface area contributed by atoms with E-state index >= 15 is 0 Å². The highest BCUT2D eigenvalue weighted by Crippen LogP contribution is 2.07. The van der Waals surface area contributed by atoms with Gasteiger partial charge in [-0.1, -0.05) is 30.3 Å². The van der Waals surface area contributed by atoms with E-state index in [4.69, 9.17) is 4.74 Å². The largest absolute Gasteiger partial charge is 0.480 e. The maximum absolute atomic E-state index is 12.8. The van der Waals surface area contributed by atoms with E-state index in [-0.39, 0.29) is 12.8 Å². The van der Waals surface area contributed by atoms with Gasteiger partial charge in [0.05, 0.1) is 6.54 Å². The molecule has 0 radical (unpaired) electrons. The Hall–Kier alpha value is -3.28. The van der Waals surface area contributed by atoms with Crippen molar-refractivity contribution in [1.29, 1.82) is 0 Å². The van der Waals surface area contributed by atoms with E-state index in [1.54, 1.807) is 51.1 Å². The molecule has 1 aromatic rings. The smallest absolute Gasteiger partial charge is 0.408 e. The number of nitrogens with one attached hydrogen (secondary N) is 4. The molecule has 12 heteroatoms. The number of hydrogen-bond acceptors (Lipinski definition) is 7. The van der Waals surface area contributed by atoms with Crippen LogP contribution in [0.4, 0.5) is 4.79 Å². The minimum absolute atomic E-state index is 0.126. The molecule has 0 bridgehead atoms. The van der Waals surface area contributed by atoms with Gasteiger partial charge >= 0.3 is 12.1 Å². The molecule has 0 aliphatic heterocycles. The Morgan fingerprint density at radius 3 is 2.14 bits per heavy atom. The zero-order chi connectivity index (χ0) is 26.4. The zero-order valence-corrected chi connectivity index (χ0v) is 21.2. The molecule has 0 fully saturated rings. The average Bonchev–Trinajstić information content (AvgIpc) is 2.77. The fourth-order valence-electron chi connectivity index (χ4n) is 2.78. The number of aliphatic carboxylic acids is 1. The summed E-state index contributed by atoms with van der Waals surface area (Å²) < 4.78 is 5.03. The fraction of sp³-hybridized carbons (Fsp3) is 0.522. The molecule has 4 amide bonds. The van der Waals surface area contributed by atoms with Crippen LogP contribution in [0.3, 0.4) is 0 Å². The van der Waals surface area contributed by atoms with Crippen LogP contribution in [0.25, 0.3) is 0 Å². The highest BCUT2D eigenvalue weighted by molar-refractivity contribution is 7.98. The first-order chi connectivity index (χ1) is 16.4. The van der Waals surface area contributed by atoms with Crippen LogP contribution in [0.2, 0.25) is 0 Å². The lowest BCUT2D eigenvalue weighted by atomic mass is 10.0. The number of carboxylic acid groups (broad SMARTS) is 1. The fourth-order valence-corrected chi connectivity index (χ4v) is 3.25. The number of hydrogen-bond donors (Lipinski definition) is 5. The summed E-state index contributed by atoms with van der Waals surface area (Å²) in [6.07, 6.45) is 1.42. The average molecular weight is 511 g/mol. The van der Waals surface area contributed by atoms with Crippen molar-refractivity contribution in [1.82, 2.24) is 21.3 Å². The Kier molecular flexibility index (Phi) is 12.6. The second-order valence-electron chi connectivity index (χ2n) is 8.62. The molecule has 2 atom stereocenters. The third-order valence-electron chi connectivity index (χ3n) is 4.40. The van der Waals surface area contributed by atoms with E-state index in [0.717, 1.165) is 5.56 Å². The van der Waals surface area contributed by atoms with Crippen LogP contribution in [0.1, 0.15) is 32.8 Å². The van der Waals surface area contributed by atoms with Crippen LogP contribution < -0.4 is 21.3 Å². The molecule has 1 rings (SSSR count). The van der Waals surface area contributed by atoms with Gasteiger partial charge in [0.1, 0.15) is 24.2 Å². The van der Waals surface area contributed by atoms with Gasteiger partial charge in [-0.15, -0.1) is 0 Å². The molecule has 1 aromatic carbocycles. The Labute approximate surface area is 209 Å². The number of alkyl carbamates (subject to hydrolysis) is 1. The van der Waals surface area contributed by atoms with Gasteiger partial charge in [0.15, 0.2) is 0 Å². The lowest BCUT2D eigenvalue weighted by molar-refractivity contribution is -0.142. The number of carbonyl (C=O) groups is 5. The van der Waals surface area contributed by atoms with Crippen molar-refractivity contribution in [3.8, 4) is 0 Å². The lowest BCUT2D eigenvalue weighted by Gasteiger charge is -2.22. The summed E-state index contributed by atoms with van der Waals surface area (Å²) >= 11 is 1.45. The van der Waals surface area contributed by atoms with Crippen LogP contribution in [0, 0.1) is 0 Å². The summed E-state index contributed by atoms with van der Waals surface area (Å²) in [5.74, 6) is -2.55. The van der Waals surface area contributed by atoms with E-state index < -0.39 is 60.6 Å². The third-order valence-corrected chi connectivity index (χ3v) is 5.04. The summed E-state index contributed by atoms with van der Waals surface area (Å²) in [5.41, 5.74) is 0.0404. The van der Waals surface area contributed by atoms with Crippen LogP contribution in [0.15, 0.2) is 30.3 Å². The maximum Gasteiger partial charge on any atom is 0.408 e. The standard InChI is InChI=1S/C23H34N4O7S/c1-23(2,3)34-22(33)25-13-18(28)24-14-19(29)26-17(12-15-8-6-5-7-9-15)20(30)27-16(21(31)32)10-11-35-4/h5-9,16-17H,10-14H2,1-4H3,(H,24,28)(H,25,33)(H,26,29)(H,27,30)(H,31,32). The summed E-state index contributed by atoms with van der Waals surface area (Å²) in [6, 6.07) is 6.77. The van der Waals surface area contributed by atoms with E-state index in [0.29, 0.717) is 5.75 Å². The quantitative estimate of drug-likeness (QED) is 0.259. The summed E-state index contributed by atoms with van der Waals surface area (Å²) in [6.45, 7) is 4.20. The molecule has 5 N–H and O–H groups in total. The summed E-state index contributed by atoms with van der Waals surface area (Å²) in [4.78, 5) is 60.3. The summed E-state index contributed by atoms with van der Waals surface area (Å²) in [7, 11) is 0. The van der Waals surface area contributed by atoms with Crippen molar-refractivity contribution in [2.75, 3.05) is 25.1 Å². The molecule has 0 aliphatic rings. The van der Waals surface area contributed by atoms with Crippen molar-refractivity contribution in [2.45, 2.75) is 51.3 Å². The highest BCUT2D eigenvalue weighted by atomic mass is 32.2. The topological polar surface area (TPSA) is 163 Å². The number of amides is 4. The molecule has 0 aliphatic carbocycles. The van der Waals surface area contributed by atoms with Gasteiger partial charge < -0.3 is 31.1 Å². The van der Waals surface area contributed by atoms with Gasteiger partial charge in [0, 0.05) is 6.42 Å². The number of ether oxygens (including phenoxy) is 1. The number of benzene rings is 1. The number of carboxylic acids is 1. The second-order valence-corrected chi connectivity index (χ2v) is 9.61. The predicted octanol–water partition coefficient (Wildman–Crippen LogP) is 0.677. The third kappa shape index (κ3) is 13.3. The lowest BCUT2D eigenvalue weighted by Crippen LogP contribution is -2.54. The normalized spacial score (nSPS) is 12.6. The minimum Gasteiger partial charge on any atom is -0.480 e. The monoisotopic (exact) mass is 510 g/mol. The first-order valence-electron chi connectivity index (χ1n) is 11.0. The van der Waals surface area contributed by atoms with Crippen LogP contribution in [-0.4, -0.2) is 77.7 Å². The van der Waals surface area contributed by atoms with E-state index in [1.807, 2.05) is 6.26 Å². The molecular formula is C23H34N4O7S. The van der Waals surface area contributed by atoms with Crippen LogP contribution in [0.5, 0.6) is 0 Å². The minimum atomic E-state index is -1.16. The Morgan fingerprint density at radius 1 is 0.943 bits per heavy atom. The predicted molar refractivity (Wildman–Crippen MR) is 132 cm³/mol. The van der Waals surface area contributed by atoms with Crippen molar-refractivity contribution in [3.05, 3.63) is 35.9 Å². The molecule has 2 unspecified atom stereocenters. The Morgan fingerprint density at radius 2 is 1.57 bits per heavy atom. The molecule has 0 spiro atoms. The van der Waals surface area contributed by atoms with E-state index in [1.165, 1.54) is 11.8 Å². The van der Waals surface area contributed by atoms with Gasteiger partial charge in [0.2, 0.25) is 17.7 Å². The maximum atomic E-state index is 12.8. The molecule has 194 valence electrons. The van der Waals surface area contributed by atoms with E-state index in [9.17, 15) is 29.1 Å². The van der Waals surface area contributed by atoms with Crippen molar-refractivity contribution >= 4 is 41.5 Å². The molecule has 0 heterocycles. The van der Waals surface area contributed by atoms with Gasteiger partial charge in [0.25, 0.3) is 0 Å². The van der Waals surface area contributed by atoms with Crippen molar-refractivity contribution in [3.63, 3.8) is 0 Å². The van der Waals surface area contributed by atoms with Crippen molar-refractivity contribution in [2.24, 2.45) is 0 Å². The van der Waals surface area contributed by atoms with Gasteiger partial charge in [-0.3, -0.25) is 14.4 Å². The highest BCUT2D eigenvalue weighted by Gasteiger charge is 2.26. The number of thioether (sulfide) groups is 1.